The quantitative estimate of drug-likeness (QED) is 0.241. The van der Waals surface area contributed by atoms with Gasteiger partial charge in [-0.15, -0.1) is 10.2 Å². The normalized spacial score (nSPS) is 15.9. The molecule has 12 heteroatoms. The van der Waals surface area contributed by atoms with Gasteiger partial charge in [0.15, 0.2) is 0 Å². The molecular formula is C23H26N4O6S2. The number of nitrogens with two attached hydrogens (primary N) is 1. The van der Waals surface area contributed by atoms with E-state index in [0.29, 0.717) is 0 Å². The summed E-state index contributed by atoms with van der Waals surface area (Å²) in [5.41, 5.74) is 6.32. The van der Waals surface area contributed by atoms with Gasteiger partial charge in [0, 0.05) is 19.2 Å². The van der Waals surface area contributed by atoms with Crippen LogP contribution in [-0.4, -0.2) is 43.9 Å². The van der Waals surface area contributed by atoms with Crippen LogP contribution in [0.3, 0.4) is 0 Å². The van der Waals surface area contributed by atoms with Crippen LogP contribution >= 0.6 is 0 Å². The number of phenols is 1. The fourth-order valence-electron chi connectivity index (χ4n) is 4.33. The average Bonchev–Trinajstić information content (AvgIpc) is 2.83. The SMILES string of the molecule is CN(C1CCCCC1)S(=O)(=O)c1ccccc1N=Nc1c(N)ccc2cc(S(=O)(=O)O)cc(O)c12. The molecule has 186 valence electrons. The summed E-state index contributed by atoms with van der Waals surface area (Å²) >= 11 is 0. The molecular weight excluding hydrogens is 492 g/mol. The molecule has 0 aliphatic heterocycles. The Morgan fingerprint density at radius 3 is 2.34 bits per heavy atom. The highest BCUT2D eigenvalue weighted by Crippen LogP contribution is 2.41. The second-order valence-electron chi connectivity index (χ2n) is 8.50. The fraction of sp³-hybridized carbons (Fsp3) is 0.304. The van der Waals surface area contributed by atoms with Gasteiger partial charge >= 0.3 is 0 Å². The van der Waals surface area contributed by atoms with E-state index in [9.17, 15) is 26.5 Å². The van der Waals surface area contributed by atoms with Crippen molar-refractivity contribution in [3.05, 3.63) is 48.5 Å². The van der Waals surface area contributed by atoms with E-state index in [0.717, 1.165) is 38.2 Å². The summed E-state index contributed by atoms with van der Waals surface area (Å²) in [6, 6.07) is 11.1. The summed E-state index contributed by atoms with van der Waals surface area (Å²) in [7, 11) is -6.83. The number of sulfonamides is 1. The molecule has 0 heterocycles. The third-order valence-corrected chi connectivity index (χ3v) is 9.03. The first-order valence-corrected chi connectivity index (χ1v) is 13.9. The van der Waals surface area contributed by atoms with Gasteiger partial charge in [0.05, 0.1) is 16.0 Å². The lowest BCUT2D eigenvalue weighted by atomic mass is 9.96. The van der Waals surface area contributed by atoms with Crippen molar-refractivity contribution >= 4 is 48.0 Å². The summed E-state index contributed by atoms with van der Waals surface area (Å²) in [6.45, 7) is 0. The minimum absolute atomic E-state index is 0.00601. The van der Waals surface area contributed by atoms with Gasteiger partial charge in [0.25, 0.3) is 10.1 Å². The van der Waals surface area contributed by atoms with E-state index in [1.54, 1.807) is 19.2 Å². The predicted molar refractivity (Wildman–Crippen MR) is 132 cm³/mol. The Hall–Kier alpha value is -3.06. The maximum atomic E-state index is 13.4. The van der Waals surface area contributed by atoms with Crippen LogP contribution in [0.1, 0.15) is 32.1 Å². The molecule has 4 rings (SSSR count). The lowest BCUT2D eigenvalue weighted by molar-refractivity contribution is 0.286. The first kappa shape index (κ1) is 25.0. The van der Waals surface area contributed by atoms with Crippen molar-refractivity contribution in [1.29, 1.82) is 0 Å². The van der Waals surface area contributed by atoms with E-state index in [2.05, 4.69) is 10.2 Å². The maximum absolute atomic E-state index is 13.4. The van der Waals surface area contributed by atoms with E-state index in [1.807, 2.05) is 0 Å². The van der Waals surface area contributed by atoms with Crippen LogP contribution in [0.2, 0.25) is 0 Å². The van der Waals surface area contributed by atoms with Crippen molar-refractivity contribution in [2.24, 2.45) is 10.2 Å². The van der Waals surface area contributed by atoms with Crippen LogP contribution in [-0.2, 0) is 20.1 Å². The number of hydrogen-bond acceptors (Lipinski definition) is 8. The van der Waals surface area contributed by atoms with Gasteiger partial charge in [-0.2, -0.15) is 12.7 Å². The topological polar surface area (TPSA) is 163 Å². The van der Waals surface area contributed by atoms with Crippen LogP contribution in [0.5, 0.6) is 5.75 Å². The first-order chi connectivity index (χ1) is 16.5. The van der Waals surface area contributed by atoms with Crippen molar-refractivity contribution in [2.45, 2.75) is 47.9 Å². The van der Waals surface area contributed by atoms with E-state index in [-0.39, 0.29) is 38.8 Å². The number of rotatable bonds is 6. The number of benzene rings is 3. The molecule has 10 nitrogen and oxygen atoms in total. The van der Waals surface area contributed by atoms with Gasteiger partial charge in [-0.3, -0.25) is 4.55 Å². The molecule has 0 aromatic heterocycles. The van der Waals surface area contributed by atoms with Crippen LogP contribution in [0, 0.1) is 0 Å². The predicted octanol–water partition coefficient (Wildman–Crippen LogP) is 4.74. The Kier molecular flexibility index (Phi) is 6.82. The molecule has 0 saturated heterocycles. The highest BCUT2D eigenvalue weighted by atomic mass is 32.2. The van der Waals surface area contributed by atoms with Gasteiger partial charge in [-0.1, -0.05) is 37.5 Å². The number of fused-ring (bicyclic) bond motifs is 1. The third kappa shape index (κ3) is 5.01. The van der Waals surface area contributed by atoms with Crippen LogP contribution < -0.4 is 5.73 Å². The second-order valence-corrected chi connectivity index (χ2v) is 11.9. The summed E-state index contributed by atoms with van der Waals surface area (Å²) < 4.78 is 60.6. The van der Waals surface area contributed by atoms with Gasteiger partial charge in [-0.05, 0) is 42.5 Å². The molecule has 1 fully saturated rings. The first-order valence-electron chi connectivity index (χ1n) is 11.0. The summed E-state index contributed by atoms with van der Waals surface area (Å²) in [5, 5.41) is 19.1. The smallest absolute Gasteiger partial charge is 0.294 e. The molecule has 0 bridgehead atoms. The Morgan fingerprint density at radius 2 is 1.66 bits per heavy atom. The molecule has 0 unspecified atom stereocenters. The lowest BCUT2D eigenvalue weighted by Gasteiger charge is -2.30. The van der Waals surface area contributed by atoms with Gasteiger partial charge in [-0.25, -0.2) is 8.42 Å². The number of nitrogen functional groups attached to an aromatic ring is 1. The van der Waals surface area contributed by atoms with Crippen molar-refractivity contribution in [2.75, 3.05) is 12.8 Å². The Bertz CT molecular complexity index is 1510. The Balaban J connectivity index is 1.78. The van der Waals surface area contributed by atoms with Crippen molar-refractivity contribution in [3.8, 4) is 5.75 Å². The molecule has 0 radical (unpaired) electrons. The molecule has 1 saturated carbocycles. The summed E-state index contributed by atoms with van der Waals surface area (Å²) in [4.78, 5) is -0.495. The number of anilines is 1. The van der Waals surface area contributed by atoms with Gasteiger partial charge < -0.3 is 10.8 Å². The number of phenolic OH excluding ortho intramolecular Hbond substituents is 1. The molecule has 0 spiro atoms. The average molecular weight is 519 g/mol. The molecule has 4 N–H and O–H groups in total. The number of nitrogens with zero attached hydrogens (tertiary/aromatic N) is 3. The zero-order valence-corrected chi connectivity index (χ0v) is 20.6. The Labute approximate surface area is 203 Å². The molecule has 0 amide bonds. The van der Waals surface area contributed by atoms with E-state index in [1.165, 1.54) is 34.6 Å². The van der Waals surface area contributed by atoms with Crippen LogP contribution in [0.15, 0.2) is 68.6 Å². The van der Waals surface area contributed by atoms with Crippen molar-refractivity contribution in [3.63, 3.8) is 0 Å². The largest absolute Gasteiger partial charge is 0.507 e. The van der Waals surface area contributed by atoms with Crippen LogP contribution in [0.25, 0.3) is 10.8 Å². The molecule has 3 aromatic carbocycles. The minimum atomic E-state index is -4.55. The summed E-state index contributed by atoms with van der Waals surface area (Å²) in [5.74, 6) is -0.477. The molecule has 1 aliphatic rings. The molecule has 0 atom stereocenters. The third-order valence-electron chi connectivity index (χ3n) is 6.24. The fourth-order valence-corrected chi connectivity index (χ4v) is 6.40. The monoisotopic (exact) mass is 518 g/mol. The minimum Gasteiger partial charge on any atom is -0.507 e. The van der Waals surface area contributed by atoms with Crippen molar-refractivity contribution in [1.82, 2.24) is 4.31 Å². The van der Waals surface area contributed by atoms with E-state index >= 15 is 0 Å². The number of azo groups is 1. The maximum Gasteiger partial charge on any atom is 0.294 e. The van der Waals surface area contributed by atoms with E-state index < -0.39 is 30.8 Å². The number of aromatic hydroxyl groups is 1. The zero-order chi connectivity index (χ0) is 25.4. The zero-order valence-electron chi connectivity index (χ0n) is 19.0. The van der Waals surface area contributed by atoms with E-state index in [4.69, 9.17) is 5.73 Å². The highest BCUT2D eigenvalue weighted by Gasteiger charge is 2.30. The summed E-state index contributed by atoms with van der Waals surface area (Å²) in [6.07, 6.45) is 4.66. The second kappa shape index (κ2) is 9.53. The number of hydrogen-bond donors (Lipinski definition) is 3. The lowest BCUT2D eigenvalue weighted by Crippen LogP contribution is -2.38. The Morgan fingerprint density at radius 1 is 0.971 bits per heavy atom. The van der Waals surface area contributed by atoms with Crippen LogP contribution in [0.4, 0.5) is 17.1 Å². The van der Waals surface area contributed by atoms with Gasteiger partial charge in [0.2, 0.25) is 10.0 Å². The van der Waals surface area contributed by atoms with Crippen molar-refractivity contribution < 1.29 is 26.5 Å². The molecule has 35 heavy (non-hydrogen) atoms. The molecule has 3 aromatic rings. The standard InChI is InChI=1S/C23H26N4O6S2/c1-27(16-7-3-2-4-8-16)34(29,30)21-10-6-5-9-19(21)25-26-23-18(24)12-11-15-13-17(35(31,32)33)14-20(28)22(15)23/h5-6,9-14,16,28H,2-4,7-8,24H2,1H3,(H,31,32,33). The molecule has 1 aliphatic carbocycles. The highest BCUT2D eigenvalue weighted by molar-refractivity contribution is 7.89. The van der Waals surface area contributed by atoms with Gasteiger partial charge in [0.1, 0.15) is 22.0 Å².